The lowest BCUT2D eigenvalue weighted by Gasteiger charge is -2.49. The third-order valence-electron chi connectivity index (χ3n) is 8.83. The van der Waals surface area contributed by atoms with Crippen molar-refractivity contribution in [1.82, 2.24) is 16.0 Å². The van der Waals surface area contributed by atoms with Gasteiger partial charge in [-0.05, 0) is 43.0 Å². The topological polar surface area (TPSA) is 211 Å². The first-order valence-corrected chi connectivity index (χ1v) is 18.6. The van der Waals surface area contributed by atoms with Crippen molar-refractivity contribution < 1.29 is 62.0 Å². The van der Waals surface area contributed by atoms with Gasteiger partial charge >= 0.3 is 23.9 Å². The molecule has 1 heterocycles. The summed E-state index contributed by atoms with van der Waals surface area (Å²) >= 11 is 0. The van der Waals surface area contributed by atoms with Gasteiger partial charge in [0.15, 0.2) is 12.2 Å². The molecule has 3 N–H and O–H groups in total. The zero-order valence-corrected chi connectivity index (χ0v) is 32.8. The van der Waals surface area contributed by atoms with Crippen molar-refractivity contribution >= 4 is 41.6 Å². The predicted octanol–water partition coefficient (Wildman–Crippen LogP) is 3.14. The van der Waals surface area contributed by atoms with E-state index in [2.05, 4.69) is 16.0 Å². The molecule has 0 bridgehead atoms. The number of amides is 3. The zero-order valence-electron chi connectivity index (χ0n) is 32.8. The minimum absolute atomic E-state index is 0.0309. The number of esters is 4. The van der Waals surface area contributed by atoms with E-state index in [1.807, 2.05) is 30.3 Å². The van der Waals surface area contributed by atoms with Gasteiger partial charge in [0, 0.05) is 45.6 Å². The van der Waals surface area contributed by atoms with Crippen LogP contribution in [0.1, 0.15) is 83.5 Å². The molecular weight excluding hydrogens is 730 g/mol. The average molecular weight is 784 g/mol. The van der Waals surface area contributed by atoms with E-state index in [9.17, 15) is 33.6 Å². The smallest absolute Gasteiger partial charge is 0.366 e. The van der Waals surface area contributed by atoms with Gasteiger partial charge in [-0.15, -0.1) is 0 Å². The fraction of sp³-hybridized carbons (Fsp3) is 0.525. The first kappa shape index (κ1) is 45.0. The quantitative estimate of drug-likeness (QED) is 0.100. The highest BCUT2D eigenvalue weighted by atomic mass is 16.7. The van der Waals surface area contributed by atoms with Crippen molar-refractivity contribution in [3.05, 3.63) is 60.2 Å². The average Bonchev–Trinajstić information content (AvgIpc) is 3.17. The fourth-order valence-corrected chi connectivity index (χ4v) is 6.31. The van der Waals surface area contributed by atoms with Gasteiger partial charge in [-0.2, -0.15) is 0 Å². The van der Waals surface area contributed by atoms with Crippen LogP contribution in [0.2, 0.25) is 0 Å². The summed E-state index contributed by atoms with van der Waals surface area (Å²) in [5.74, 6) is -6.80. The van der Waals surface area contributed by atoms with Crippen LogP contribution >= 0.6 is 0 Å². The lowest BCUT2D eigenvalue weighted by molar-refractivity contribution is -0.303. The van der Waals surface area contributed by atoms with Gasteiger partial charge in [0.2, 0.25) is 11.8 Å². The molecule has 6 atom stereocenters. The molecule has 16 heteroatoms. The van der Waals surface area contributed by atoms with Crippen LogP contribution in [-0.4, -0.2) is 105 Å². The highest BCUT2D eigenvalue weighted by Gasteiger charge is 2.58. The lowest BCUT2D eigenvalue weighted by Crippen LogP contribution is -2.71. The van der Waals surface area contributed by atoms with E-state index in [0.717, 1.165) is 32.1 Å². The summed E-state index contributed by atoms with van der Waals surface area (Å²) in [7, 11) is 1.11. The van der Waals surface area contributed by atoms with E-state index in [-0.39, 0.29) is 44.0 Å². The van der Waals surface area contributed by atoms with E-state index in [1.165, 1.54) is 6.92 Å². The lowest BCUT2D eigenvalue weighted by atomic mass is 9.86. The normalized spacial score (nSPS) is 20.0. The number of nitrogens with one attached hydrogen (secondary N) is 3. The number of hydrogen-bond donors (Lipinski definition) is 3. The maximum atomic E-state index is 13.6. The van der Waals surface area contributed by atoms with Gasteiger partial charge in [-0.3, -0.25) is 28.8 Å². The van der Waals surface area contributed by atoms with Gasteiger partial charge in [-0.25, -0.2) is 4.79 Å². The van der Waals surface area contributed by atoms with Crippen LogP contribution in [0.15, 0.2) is 54.6 Å². The Hall–Kier alpha value is -5.35. The van der Waals surface area contributed by atoms with E-state index in [1.54, 1.807) is 38.1 Å². The van der Waals surface area contributed by atoms with Crippen molar-refractivity contribution in [3.63, 3.8) is 0 Å². The molecule has 1 aliphatic rings. The molecule has 0 saturated carbocycles. The number of hydrogen-bond acceptors (Lipinski definition) is 13. The van der Waals surface area contributed by atoms with Crippen molar-refractivity contribution in [2.75, 3.05) is 26.9 Å². The molecule has 56 heavy (non-hydrogen) atoms. The largest absolute Gasteiger partial charge is 0.466 e. The molecular formula is C40H53N3O13. The fourth-order valence-electron chi connectivity index (χ4n) is 6.31. The Bertz CT molecular complexity index is 1650. The molecule has 16 nitrogen and oxygen atoms in total. The molecule has 0 radical (unpaired) electrons. The Labute approximate surface area is 326 Å². The van der Waals surface area contributed by atoms with E-state index < -0.39 is 78.4 Å². The molecule has 1 saturated heterocycles. The number of methoxy groups -OCH3 is 1. The monoisotopic (exact) mass is 783 g/mol. The molecule has 0 aromatic heterocycles. The summed E-state index contributed by atoms with van der Waals surface area (Å²) in [6.07, 6.45) is -3.37. The molecule has 1 aliphatic heterocycles. The predicted molar refractivity (Wildman–Crippen MR) is 200 cm³/mol. The van der Waals surface area contributed by atoms with Crippen LogP contribution in [0.5, 0.6) is 0 Å². The summed E-state index contributed by atoms with van der Waals surface area (Å²) in [6, 6.07) is 14.1. The Balaban J connectivity index is 2.00. The number of carbonyl (C=O) groups excluding carboxylic acids is 7. The van der Waals surface area contributed by atoms with Crippen LogP contribution in [0.4, 0.5) is 0 Å². The number of rotatable bonds is 20. The van der Waals surface area contributed by atoms with Crippen LogP contribution in [0, 0.1) is 0 Å². The van der Waals surface area contributed by atoms with E-state index in [0.29, 0.717) is 19.3 Å². The molecule has 0 aliphatic carbocycles. The number of ether oxygens (including phenoxy) is 6. The van der Waals surface area contributed by atoms with Gasteiger partial charge in [0.05, 0.1) is 39.0 Å². The standard InChI is InChI=1S/C40H53N3O13/c1-7-33(47)43-31-23-40(39(50)51-6,53-22-14-10-13-17-34(48)52-8-2)56-37(35(31)42-25(3)44)36(55-27(5)46)32(54-26(4)45)24-41-38(49)30-20-18-29(19-21-30)28-15-11-9-12-16-28/h9,11-12,15-16,18-21,31-32,35-37H,7-8,10,13-14,17,22-24H2,1-6H3,(H,41,49)(H,42,44)(H,43,47)/t31-,32+,35+,36+,37?,40+/m0/s1. The van der Waals surface area contributed by atoms with Crippen LogP contribution in [0.3, 0.4) is 0 Å². The van der Waals surface area contributed by atoms with Gasteiger partial charge < -0.3 is 44.4 Å². The van der Waals surface area contributed by atoms with E-state index >= 15 is 0 Å². The highest BCUT2D eigenvalue weighted by molar-refractivity contribution is 5.94. The minimum atomic E-state index is -2.23. The maximum Gasteiger partial charge on any atom is 0.366 e. The summed E-state index contributed by atoms with van der Waals surface area (Å²) in [4.78, 5) is 89.6. The van der Waals surface area contributed by atoms with Gasteiger partial charge in [-0.1, -0.05) is 55.8 Å². The van der Waals surface area contributed by atoms with Gasteiger partial charge in [0.1, 0.15) is 6.10 Å². The SMILES string of the molecule is CCOC(=O)CCCCCO[C@]1(C(=O)OC)C[C@H](NC(=O)CC)[C@@H](NC(C)=O)C([C@H](OC(C)=O)[C@@H](CNC(=O)c2ccc(-c3ccccc3)cc2)OC(C)=O)O1. The molecule has 1 fully saturated rings. The van der Waals surface area contributed by atoms with Crippen molar-refractivity contribution in [1.29, 1.82) is 0 Å². The first-order valence-electron chi connectivity index (χ1n) is 18.6. The molecule has 0 spiro atoms. The van der Waals surface area contributed by atoms with Crippen LogP contribution in [0.25, 0.3) is 11.1 Å². The Morgan fingerprint density at radius 3 is 2.09 bits per heavy atom. The molecule has 3 rings (SSSR count). The van der Waals surface area contributed by atoms with Crippen molar-refractivity contribution in [3.8, 4) is 11.1 Å². The third kappa shape index (κ3) is 13.4. The molecule has 2 aromatic rings. The Morgan fingerprint density at radius 2 is 1.50 bits per heavy atom. The third-order valence-corrected chi connectivity index (χ3v) is 8.83. The molecule has 3 amide bonds. The first-order chi connectivity index (χ1) is 26.7. The minimum Gasteiger partial charge on any atom is -0.466 e. The number of carbonyl (C=O) groups is 7. The van der Waals surface area contributed by atoms with Crippen LogP contribution in [-0.2, 0) is 57.2 Å². The Morgan fingerprint density at radius 1 is 0.839 bits per heavy atom. The number of benzene rings is 2. The molecule has 1 unspecified atom stereocenters. The van der Waals surface area contributed by atoms with Crippen molar-refractivity contribution in [2.45, 2.75) is 109 Å². The second kappa shape index (κ2) is 22.3. The zero-order chi connectivity index (χ0) is 41.3. The van der Waals surface area contributed by atoms with Gasteiger partial charge in [0.25, 0.3) is 11.7 Å². The van der Waals surface area contributed by atoms with E-state index in [4.69, 9.17) is 28.4 Å². The maximum absolute atomic E-state index is 13.6. The van der Waals surface area contributed by atoms with Crippen molar-refractivity contribution in [2.24, 2.45) is 0 Å². The summed E-state index contributed by atoms with van der Waals surface area (Å²) in [6.45, 7) is 6.52. The number of unbranched alkanes of at least 4 members (excludes halogenated alkanes) is 2. The summed E-state index contributed by atoms with van der Waals surface area (Å²) in [5, 5.41) is 8.25. The molecule has 306 valence electrons. The second-order valence-electron chi connectivity index (χ2n) is 13.1. The van der Waals surface area contributed by atoms with Crippen LogP contribution < -0.4 is 16.0 Å². The second-order valence-corrected chi connectivity index (χ2v) is 13.1. The molecule has 2 aromatic carbocycles. The highest BCUT2D eigenvalue weighted by Crippen LogP contribution is 2.36. The summed E-state index contributed by atoms with van der Waals surface area (Å²) in [5.41, 5.74) is 2.11. The summed E-state index contributed by atoms with van der Waals surface area (Å²) < 4.78 is 34.0. The Kier molecular flexibility index (Phi) is 17.9.